The molecule has 0 bridgehead atoms. The van der Waals surface area contributed by atoms with Crippen molar-refractivity contribution in [2.24, 2.45) is 0 Å². The molecular formula is C31H35N3O. The number of nitrogens with zero attached hydrogens (tertiary/aromatic N) is 1. The van der Waals surface area contributed by atoms with Crippen LogP contribution in [0.15, 0.2) is 79.0 Å². The number of aromatic amines is 1. The monoisotopic (exact) mass is 465 g/mol. The van der Waals surface area contributed by atoms with E-state index < -0.39 is 0 Å². The summed E-state index contributed by atoms with van der Waals surface area (Å²) < 4.78 is 0. The third kappa shape index (κ3) is 5.83. The van der Waals surface area contributed by atoms with Gasteiger partial charge in [-0.15, -0.1) is 0 Å². The Morgan fingerprint density at radius 1 is 0.914 bits per heavy atom. The second-order valence-electron chi connectivity index (χ2n) is 9.66. The highest BCUT2D eigenvalue weighted by Gasteiger charge is 2.22. The molecule has 4 nitrogen and oxygen atoms in total. The predicted molar refractivity (Wildman–Crippen MR) is 147 cm³/mol. The summed E-state index contributed by atoms with van der Waals surface area (Å²) in [6, 6.07) is 23.1. The van der Waals surface area contributed by atoms with Crippen molar-refractivity contribution in [2.45, 2.75) is 38.0 Å². The maximum absolute atomic E-state index is 12.2. The largest absolute Gasteiger partial charge is 0.361 e. The van der Waals surface area contributed by atoms with Gasteiger partial charge in [0.15, 0.2) is 0 Å². The molecule has 0 saturated carbocycles. The minimum Gasteiger partial charge on any atom is -0.361 e. The highest BCUT2D eigenvalue weighted by molar-refractivity contribution is 5.96. The van der Waals surface area contributed by atoms with Gasteiger partial charge in [-0.2, -0.15) is 0 Å². The molecule has 2 N–H and O–H groups in total. The lowest BCUT2D eigenvalue weighted by atomic mass is 9.89. The minimum atomic E-state index is -0.0164. The summed E-state index contributed by atoms with van der Waals surface area (Å²) in [6.45, 7) is 4.26. The smallest absolute Gasteiger partial charge is 0.243 e. The van der Waals surface area contributed by atoms with Gasteiger partial charge in [-0.25, -0.2) is 0 Å². The molecule has 4 aromatic rings. The maximum atomic E-state index is 12.2. The lowest BCUT2D eigenvalue weighted by Gasteiger charge is -2.32. The fraction of sp³-hybridized carbons (Fsp3) is 0.323. The van der Waals surface area contributed by atoms with Crippen LogP contribution in [-0.4, -0.2) is 42.0 Å². The third-order valence-electron chi connectivity index (χ3n) is 7.34. The molecule has 1 fully saturated rings. The molecule has 1 aliphatic rings. The summed E-state index contributed by atoms with van der Waals surface area (Å²) in [6.07, 6.45) is 11.6. The van der Waals surface area contributed by atoms with E-state index in [0.717, 1.165) is 31.5 Å². The number of likely N-dealkylation sites (tertiary alicyclic amines) is 1. The number of hydrogen-bond acceptors (Lipinski definition) is 2. The highest BCUT2D eigenvalue weighted by atomic mass is 16.1. The van der Waals surface area contributed by atoms with E-state index in [1.54, 1.807) is 6.08 Å². The first-order valence-corrected chi connectivity index (χ1v) is 13.0. The molecule has 180 valence electrons. The number of hydrogen-bond donors (Lipinski definition) is 2. The van der Waals surface area contributed by atoms with Gasteiger partial charge in [-0.3, -0.25) is 4.79 Å². The van der Waals surface area contributed by atoms with Crippen LogP contribution in [0.3, 0.4) is 0 Å². The quantitative estimate of drug-likeness (QED) is 0.219. The fourth-order valence-corrected chi connectivity index (χ4v) is 5.37. The summed E-state index contributed by atoms with van der Waals surface area (Å²) in [5, 5.41) is 6.78. The van der Waals surface area contributed by atoms with Crippen LogP contribution in [0.1, 0.15) is 49.1 Å². The average Bonchev–Trinajstić information content (AvgIpc) is 3.34. The SMILES string of the molecule is O=C(/C=C/c1cccc2ccccc12)NCCCCCN1CCC(c2c[nH]c3ccccc23)CC1. The maximum Gasteiger partial charge on any atom is 0.243 e. The summed E-state index contributed by atoms with van der Waals surface area (Å²) >= 11 is 0. The Bertz CT molecular complexity index is 1290. The Labute approximate surface area is 208 Å². The summed E-state index contributed by atoms with van der Waals surface area (Å²) in [5.74, 6) is 0.650. The minimum absolute atomic E-state index is 0.0164. The molecule has 5 rings (SSSR count). The van der Waals surface area contributed by atoms with Crippen LogP contribution in [0.5, 0.6) is 0 Å². The van der Waals surface area contributed by atoms with Gasteiger partial charge < -0.3 is 15.2 Å². The number of H-pyrrole nitrogens is 1. The number of fused-ring (bicyclic) bond motifs is 2. The molecule has 0 atom stereocenters. The number of carbonyl (C=O) groups excluding carboxylic acids is 1. The molecule has 1 aromatic heterocycles. The van der Waals surface area contributed by atoms with Crippen LogP contribution in [0, 0.1) is 0 Å². The molecular weight excluding hydrogens is 430 g/mol. The van der Waals surface area contributed by atoms with Crippen LogP contribution in [0.25, 0.3) is 27.8 Å². The lowest BCUT2D eigenvalue weighted by molar-refractivity contribution is -0.116. The third-order valence-corrected chi connectivity index (χ3v) is 7.34. The molecule has 35 heavy (non-hydrogen) atoms. The van der Waals surface area contributed by atoms with Crippen molar-refractivity contribution < 1.29 is 4.79 Å². The van der Waals surface area contributed by atoms with Gasteiger partial charge in [0.25, 0.3) is 0 Å². The van der Waals surface area contributed by atoms with Gasteiger partial charge >= 0.3 is 0 Å². The summed E-state index contributed by atoms with van der Waals surface area (Å²) in [7, 11) is 0. The number of amides is 1. The van der Waals surface area contributed by atoms with Crippen LogP contribution >= 0.6 is 0 Å². The second kappa shape index (κ2) is 11.4. The van der Waals surface area contributed by atoms with E-state index in [0.29, 0.717) is 5.92 Å². The zero-order valence-electron chi connectivity index (χ0n) is 20.4. The second-order valence-corrected chi connectivity index (χ2v) is 9.66. The predicted octanol–water partition coefficient (Wildman–Crippen LogP) is 6.50. The molecule has 0 spiro atoms. The molecule has 0 aliphatic carbocycles. The van der Waals surface area contributed by atoms with E-state index in [1.807, 2.05) is 24.3 Å². The Hall–Kier alpha value is -3.37. The number of para-hydroxylation sites is 1. The fourth-order valence-electron chi connectivity index (χ4n) is 5.37. The zero-order valence-corrected chi connectivity index (χ0v) is 20.4. The summed E-state index contributed by atoms with van der Waals surface area (Å²) in [5.41, 5.74) is 3.82. The Balaban J connectivity index is 0.977. The molecule has 1 saturated heterocycles. The number of carbonyl (C=O) groups is 1. The van der Waals surface area contributed by atoms with Gasteiger partial charge in [0.05, 0.1) is 0 Å². The van der Waals surface area contributed by atoms with Gasteiger partial charge in [0.2, 0.25) is 5.91 Å². The van der Waals surface area contributed by atoms with E-state index in [-0.39, 0.29) is 5.91 Å². The summed E-state index contributed by atoms with van der Waals surface area (Å²) in [4.78, 5) is 18.3. The topological polar surface area (TPSA) is 48.1 Å². The normalized spacial score (nSPS) is 15.3. The number of piperidine rings is 1. The molecule has 1 aliphatic heterocycles. The zero-order chi connectivity index (χ0) is 23.9. The molecule has 1 amide bonds. The molecule has 4 heteroatoms. The van der Waals surface area contributed by atoms with E-state index >= 15 is 0 Å². The van der Waals surface area contributed by atoms with Crippen molar-refractivity contribution in [1.82, 2.24) is 15.2 Å². The van der Waals surface area contributed by atoms with Crippen LogP contribution < -0.4 is 5.32 Å². The van der Waals surface area contributed by atoms with Gasteiger partial charge in [-0.1, -0.05) is 67.1 Å². The Morgan fingerprint density at radius 2 is 1.69 bits per heavy atom. The van der Waals surface area contributed by atoms with Crippen molar-refractivity contribution in [1.29, 1.82) is 0 Å². The van der Waals surface area contributed by atoms with Gasteiger partial charge in [-0.05, 0) is 85.3 Å². The van der Waals surface area contributed by atoms with Crippen molar-refractivity contribution in [3.63, 3.8) is 0 Å². The molecule has 3 aromatic carbocycles. The van der Waals surface area contributed by atoms with Gasteiger partial charge in [0.1, 0.15) is 0 Å². The van der Waals surface area contributed by atoms with E-state index in [1.165, 1.54) is 59.6 Å². The number of rotatable bonds is 9. The number of unbranched alkanes of at least 4 members (excludes halogenated alkanes) is 2. The highest BCUT2D eigenvalue weighted by Crippen LogP contribution is 2.33. The first-order valence-electron chi connectivity index (χ1n) is 13.0. The van der Waals surface area contributed by atoms with E-state index in [2.05, 4.69) is 69.9 Å². The van der Waals surface area contributed by atoms with Crippen molar-refractivity contribution in [3.05, 3.63) is 90.1 Å². The standard InChI is InChI=1S/C31H35N3O/c35-31(16-15-25-11-8-10-24-9-2-3-12-27(24)25)32-19-6-1-7-20-34-21-17-26(18-22-34)29-23-33-30-14-5-4-13-28(29)30/h2-5,8-16,23,26,33H,1,6-7,17-22H2,(H,32,35)/b16-15+. The van der Waals surface area contributed by atoms with Crippen molar-refractivity contribution in [2.75, 3.05) is 26.2 Å². The lowest BCUT2D eigenvalue weighted by Crippen LogP contribution is -2.33. The van der Waals surface area contributed by atoms with Crippen LogP contribution in [-0.2, 0) is 4.79 Å². The number of nitrogens with one attached hydrogen (secondary N) is 2. The first kappa shape index (κ1) is 23.4. The van der Waals surface area contributed by atoms with Gasteiger partial charge in [0, 0.05) is 29.7 Å². The molecule has 0 unspecified atom stereocenters. The van der Waals surface area contributed by atoms with E-state index in [4.69, 9.17) is 0 Å². The van der Waals surface area contributed by atoms with Crippen LogP contribution in [0.4, 0.5) is 0 Å². The number of benzene rings is 3. The average molecular weight is 466 g/mol. The Kier molecular flexibility index (Phi) is 7.59. The Morgan fingerprint density at radius 3 is 2.57 bits per heavy atom. The van der Waals surface area contributed by atoms with Crippen molar-refractivity contribution >= 4 is 33.7 Å². The van der Waals surface area contributed by atoms with Crippen molar-refractivity contribution in [3.8, 4) is 0 Å². The molecule has 2 heterocycles. The van der Waals surface area contributed by atoms with Crippen LogP contribution in [0.2, 0.25) is 0 Å². The molecule has 0 radical (unpaired) electrons. The first-order chi connectivity index (χ1) is 17.3. The number of aromatic nitrogens is 1. The van der Waals surface area contributed by atoms with E-state index in [9.17, 15) is 4.79 Å².